The molecule has 0 fully saturated rings. The number of carbonyl (C=O) groups is 10. The molecule has 17 N–H and O–H groups in total. The fourth-order valence-electron chi connectivity index (χ4n) is 7.65. The number of hydrogen-bond acceptors (Lipinski definition) is 14. The van der Waals surface area contributed by atoms with Crippen LogP contribution in [-0.2, 0) is 60.8 Å². The van der Waals surface area contributed by atoms with E-state index in [1.807, 2.05) is 0 Å². The lowest BCUT2D eigenvalue weighted by atomic mass is 9.96. The number of amides is 10. The Labute approximate surface area is 431 Å². The maximum absolute atomic E-state index is 14.2. The van der Waals surface area contributed by atoms with Gasteiger partial charge >= 0.3 is 0 Å². The lowest BCUT2D eigenvalue weighted by molar-refractivity contribution is -0.137. The third kappa shape index (κ3) is 21.9. The van der Waals surface area contributed by atoms with Gasteiger partial charge in [0.05, 0.1) is 12.4 Å². The van der Waals surface area contributed by atoms with E-state index in [1.54, 1.807) is 53.7 Å². The normalized spacial score (nSPS) is 15.3. The van der Waals surface area contributed by atoms with Crippen LogP contribution >= 0.6 is 0 Å². The van der Waals surface area contributed by atoms with Gasteiger partial charge < -0.3 is 74.9 Å². The molecule has 25 heteroatoms. The van der Waals surface area contributed by atoms with Crippen LogP contribution in [0.15, 0.2) is 36.8 Å². The van der Waals surface area contributed by atoms with Gasteiger partial charge in [0.1, 0.15) is 54.1 Å². The number of phenolic OH excluding ortho intramolecular Hbond substituents is 1. The summed E-state index contributed by atoms with van der Waals surface area (Å²) in [6.07, 6.45) is 1.97. The highest BCUT2D eigenvalue weighted by atomic mass is 16.3. The van der Waals surface area contributed by atoms with E-state index >= 15 is 0 Å². The average molecular weight is 1040 g/mol. The number of carbonyl (C=O) groups excluding carboxylic acids is 10. The van der Waals surface area contributed by atoms with Gasteiger partial charge in [0.2, 0.25) is 59.1 Å². The smallest absolute Gasteiger partial charge is 0.245 e. The van der Waals surface area contributed by atoms with Gasteiger partial charge in [0.15, 0.2) is 0 Å². The minimum Gasteiger partial charge on any atom is -0.508 e. The molecule has 25 nitrogen and oxygen atoms in total. The van der Waals surface area contributed by atoms with Gasteiger partial charge in [-0.3, -0.25) is 47.9 Å². The van der Waals surface area contributed by atoms with Crippen molar-refractivity contribution in [2.75, 3.05) is 6.54 Å². The third-order valence-corrected chi connectivity index (χ3v) is 12.0. The van der Waals surface area contributed by atoms with E-state index in [1.165, 1.54) is 38.5 Å². The van der Waals surface area contributed by atoms with E-state index in [0.717, 1.165) is 0 Å². The van der Waals surface area contributed by atoms with E-state index < -0.39 is 125 Å². The van der Waals surface area contributed by atoms with Gasteiger partial charge in [-0.05, 0) is 81.0 Å². The van der Waals surface area contributed by atoms with Crippen molar-refractivity contribution in [3.05, 3.63) is 48.0 Å². The fourth-order valence-corrected chi connectivity index (χ4v) is 7.65. The zero-order valence-corrected chi connectivity index (χ0v) is 43.6. The summed E-state index contributed by atoms with van der Waals surface area (Å²) in [4.78, 5) is 140. The summed E-state index contributed by atoms with van der Waals surface area (Å²) in [6.45, 7) is 13.1. The van der Waals surface area contributed by atoms with Gasteiger partial charge in [-0.2, -0.15) is 0 Å². The first-order chi connectivity index (χ1) is 34.8. The highest BCUT2D eigenvalue weighted by molar-refractivity contribution is 5.98. The van der Waals surface area contributed by atoms with E-state index in [4.69, 9.17) is 17.2 Å². The number of aliphatic hydroxyl groups is 1. The van der Waals surface area contributed by atoms with Crippen LogP contribution in [0.5, 0.6) is 5.75 Å². The number of H-pyrrole nitrogens is 1. The molecule has 0 aliphatic carbocycles. The van der Waals surface area contributed by atoms with Gasteiger partial charge in [-0.25, -0.2) is 4.98 Å². The molecule has 412 valence electrons. The van der Waals surface area contributed by atoms with Crippen LogP contribution in [0.25, 0.3) is 0 Å². The molecule has 0 saturated heterocycles. The Morgan fingerprint density at radius 1 is 0.622 bits per heavy atom. The molecular weight excluding hydrogens is 963 g/mol. The Kier molecular flexibility index (Phi) is 26.8. The Morgan fingerprint density at radius 2 is 1.14 bits per heavy atom. The predicted molar refractivity (Wildman–Crippen MR) is 271 cm³/mol. The summed E-state index contributed by atoms with van der Waals surface area (Å²) in [5.74, 6) is -9.24. The van der Waals surface area contributed by atoms with Crippen molar-refractivity contribution in [3.63, 3.8) is 0 Å². The molecule has 0 radical (unpaired) electrons. The third-order valence-electron chi connectivity index (χ3n) is 12.0. The number of benzene rings is 1. The molecule has 0 bridgehead atoms. The second-order valence-electron chi connectivity index (χ2n) is 19.3. The SMILES string of the molecule is CC[C@H](C)[C@H](NC(=O)[C@H](Cc1cnc[nH]1)NC(=O)[C@@H](NC(=O)[C@H](CC(C)C)NC(=O)[C@H](CCCCN)NC(=O)[C@@H](NC(=O)[C@H](Cc1ccc(O)cc1)NC(C)=O)[C@@H](C)O)C(C)C)C(=O)N[C@@H](CCC(N)=O)C(N)=O. The number of nitrogens with zero attached hydrogens (tertiary/aromatic N) is 1. The fraction of sp³-hybridized carbons (Fsp3) is 0.612. The zero-order valence-electron chi connectivity index (χ0n) is 43.6. The van der Waals surface area contributed by atoms with Crippen LogP contribution in [-0.4, -0.2) is 140 Å². The summed E-state index contributed by atoms with van der Waals surface area (Å²) in [5.41, 5.74) is 17.4. The number of aromatic hydroxyl groups is 1. The number of aromatic nitrogens is 2. The van der Waals surface area contributed by atoms with E-state index in [0.29, 0.717) is 30.5 Å². The predicted octanol–water partition coefficient (Wildman–Crippen LogP) is -2.19. The number of phenols is 1. The standard InChI is InChI=1S/C49H79N13O12/c1-9-27(6)40(48(73)56-33(42(52)67)17-18-38(51)66)61-46(71)37(22-31-23-53-24-54-31)59-47(72)39(26(4)5)60-44(69)35(20-25(2)3)58-43(68)34(12-10-11-19-50)57-49(74)41(28(7)63)62-45(70)36(55-29(8)64)21-30-13-15-32(65)16-14-30/h13-16,23-28,33-37,39-41,63,65H,9-12,17-22,50H2,1-8H3,(H2,51,66)(H2,52,67)(H,53,54)(H,55,64)(H,56,73)(H,57,74)(H,58,68)(H,59,72)(H,60,69)(H,61,71)(H,62,70)/t27-,28+,33-,34-,35-,36-,37-,39-,40-,41-/m0/s1. The lowest BCUT2D eigenvalue weighted by Gasteiger charge is -2.30. The molecule has 2 rings (SSSR count). The number of primary amides is 2. The van der Waals surface area contributed by atoms with Crippen LogP contribution in [0.1, 0.15) is 112 Å². The van der Waals surface area contributed by atoms with Crippen LogP contribution in [0, 0.1) is 17.8 Å². The molecular formula is C49H79N13O12. The number of aliphatic hydroxyl groups excluding tert-OH is 1. The monoisotopic (exact) mass is 1040 g/mol. The average Bonchev–Trinajstić information content (AvgIpc) is 3.84. The molecule has 10 atom stereocenters. The van der Waals surface area contributed by atoms with Crippen molar-refractivity contribution in [1.29, 1.82) is 0 Å². The highest BCUT2D eigenvalue weighted by Crippen LogP contribution is 2.15. The van der Waals surface area contributed by atoms with E-state index in [-0.39, 0.29) is 56.7 Å². The quantitative estimate of drug-likeness (QED) is 0.0338. The number of aromatic amines is 1. The zero-order chi connectivity index (χ0) is 55.8. The largest absolute Gasteiger partial charge is 0.508 e. The van der Waals surface area contributed by atoms with Crippen molar-refractivity contribution >= 4 is 59.1 Å². The Hall–Kier alpha value is -7.15. The molecule has 0 aliphatic rings. The minimum absolute atomic E-state index is 0.0163. The second-order valence-corrected chi connectivity index (χ2v) is 19.3. The number of hydrogen-bond donors (Lipinski definition) is 14. The first-order valence-corrected chi connectivity index (χ1v) is 24.9. The van der Waals surface area contributed by atoms with Crippen LogP contribution < -0.4 is 59.7 Å². The Balaban J connectivity index is 2.39. The van der Waals surface area contributed by atoms with Crippen LogP contribution in [0.3, 0.4) is 0 Å². The van der Waals surface area contributed by atoms with Crippen molar-refractivity contribution < 1.29 is 58.2 Å². The lowest BCUT2D eigenvalue weighted by Crippen LogP contribution is -2.62. The second kappa shape index (κ2) is 31.4. The molecule has 0 aliphatic heterocycles. The summed E-state index contributed by atoms with van der Waals surface area (Å²) in [7, 11) is 0. The molecule has 0 unspecified atom stereocenters. The number of rotatable bonds is 33. The first kappa shape index (κ1) is 63.0. The molecule has 1 aromatic carbocycles. The van der Waals surface area contributed by atoms with Crippen molar-refractivity contribution in [2.45, 2.75) is 168 Å². The number of nitrogens with one attached hydrogen (secondary N) is 9. The molecule has 74 heavy (non-hydrogen) atoms. The van der Waals surface area contributed by atoms with Crippen LogP contribution in [0.2, 0.25) is 0 Å². The molecule has 0 spiro atoms. The number of imidazole rings is 1. The molecule has 1 heterocycles. The first-order valence-electron chi connectivity index (χ1n) is 24.9. The van der Waals surface area contributed by atoms with Crippen molar-refractivity contribution in [1.82, 2.24) is 52.5 Å². The number of nitrogens with two attached hydrogens (primary N) is 3. The van der Waals surface area contributed by atoms with Gasteiger partial charge in [-0.15, -0.1) is 0 Å². The summed E-state index contributed by atoms with van der Waals surface area (Å²) >= 11 is 0. The van der Waals surface area contributed by atoms with Crippen molar-refractivity contribution in [3.8, 4) is 5.75 Å². The minimum atomic E-state index is -1.62. The summed E-state index contributed by atoms with van der Waals surface area (Å²) < 4.78 is 0. The van der Waals surface area contributed by atoms with Gasteiger partial charge in [0, 0.05) is 38.1 Å². The van der Waals surface area contributed by atoms with Gasteiger partial charge in [-0.1, -0.05) is 60.1 Å². The Morgan fingerprint density at radius 3 is 1.65 bits per heavy atom. The van der Waals surface area contributed by atoms with Crippen LogP contribution in [0.4, 0.5) is 0 Å². The maximum Gasteiger partial charge on any atom is 0.245 e. The number of unbranched alkanes of at least 4 members (excludes halogenated alkanes) is 1. The molecule has 0 saturated carbocycles. The topological polar surface area (TPSA) is 414 Å². The van der Waals surface area contributed by atoms with Gasteiger partial charge in [0.25, 0.3) is 0 Å². The maximum atomic E-state index is 14.2. The summed E-state index contributed by atoms with van der Waals surface area (Å²) in [5, 5.41) is 41.3. The molecule has 2 aromatic rings. The van der Waals surface area contributed by atoms with E-state index in [9.17, 15) is 58.2 Å². The molecule has 10 amide bonds. The Bertz CT molecular complexity index is 2190. The molecule has 1 aromatic heterocycles. The van der Waals surface area contributed by atoms with E-state index in [2.05, 4.69) is 52.5 Å². The summed E-state index contributed by atoms with van der Waals surface area (Å²) in [6, 6.07) is -4.69. The highest BCUT2D eigenvalue weighted by Gasteiger charge is 2.37. The van der Waals surface area contributed by atoms with Crippen molar-refractivity contribution in [2.24, 2.45) is 35.0 Å².